The number of aromatic nitrogens is 3. The summed E-state index contributed by atoms with van der Waals surface area (Å²) < 4.78 is 1.78. The highest BCUT2D eigenvalue weighted by Crippen LogP contribution is 2.24. The van der Waals surface area contributed by atoms with E-state index in [0.717, 1.165) is 23.4 Å². The van der Waals surface area contributed by atoms with Crippen molar-refractivity contribution in [2.45, 2.75) is 20.3 Å². The van der Waals surface area contributed by atoms with Crippen LogP contribution in [0.15, 0.2) is 18.5 Å². The molecule has 2 aromatic heterocycles. The van der Waals surface area contributed by atoms with Gasteiger partial charge in [-0.25, -0.2) is 4.98 Å². The number of pyridine rings is 1. The molecule has 0 unspecified atom stereocenters. The fraction of sp³-hybridized carbons (Fsp3) is 0.333. The highest BCUT2D eigenvalue weighted by atomic mass is 15.3. The van der Waals surface area contributed by atoms with Crippen LogP contribution in [-0.2, 0) is 13.5 Å². The van der Waals surface area contributed by atoms with Gasteiger partial charge >= 0.3 is 0 Å². The molecule has 0 aliphatic rings. The number of hydrogen-bond donors (Lipinski definition) is 2. The predicted molar refractivity (Wildman–Crippen MR) is 69.3 cm³/mol. The van der Waals surface area contributed by atoms with Gasteiger partial charge in [0.1, 0.15) is 0 Å². The largest absolute Gasteiger partial charge is 0.396 e. The second kappa shape index (κ2) is 4.45. The van der Waals surface area contributed by atoms with Crippen molar-refractivity contribution in [1.82, 2.24) is 14.8 Å². The molecule has 0 aromatic carbocycles. The van der Waals surface area contributed by atoms with E-state index in [1.165, 1.54) is 0 Å². The van der Waals surface area contributed by atoms with Crippen molar-refractivity contribution >= 4 is 17.2 Å². The van der Waals surface area contributed by atoms with E-state index in [4.69, 9.17) is 5.73 Å². The van der Waals surface area contributed by atoms with Crippen LogP contribution in [0.1, 0.15) is 18.2 Å². The zero-order valence-corrected chi connectivity index (χ0v) is 10.4. The van der Waals surface area contributed by atoms with E-state index >= 15 is 0 Å². The van der Waals surface area contributed by atoms with Crippen molar-refractivity contribution in [2.75, 3.05) is 11.1 Å². The Kier molecular flexibility index (Phi) is 2.99. The molecule has 5 heteroatoms. The average molecular weight is 231 g/mol. The van der Waals surface area contributed by atoms with E-state index in [1.807, 2.05) is 26.2 Å². The van der Waals surface area contributed by atoms with Gasteiger partial charge in [-0.1, -0.05) is 6.92 Å². The molecule has 90 valence electrons. The summed E-state index contributed by atoms with van der Waals surface area (Å²) >= 11 is 0. The number of nitrogens with two attached hydrogens (primary N) is 1. The summed E-state index contributed by atoms with van der Waals surface area (Å²) in [7, 11) is 1.90. The van der Waals surface area contributed by atoms with Gasteiger partial charge in [0.15, 0.2) is 5.82 Å². The third-order valence-electron chi connectivity index (χ3n) is 2.70. The molecule has 0 spiro atoms. The first-order valence-corrected chi connectivity index (χ1v) is 5.62. The maximum absolute atomic E-state index is 5.98. The molecule has 0 aliphatic heterocycles. The first-order chi connectivity index (χ1) is 8.11. The van der Waals surface area contributed by atoms with Crippen LogP contribution in [0.5, 0.6) is 0 Å². The molecule has 2 heterocycles. The molecule has 0 saturated carbocycles. The summed E-state index contributed by atoms with van der Waals surface area (Å²) in [5.41, 5.74) is 9.64. The maximum atomic E-state index is 5.98. The summed E-state index contributed by atoms with van der Waals surface area (Å²) in [6, 6.07) is 1.89. The van der Waals surface area contributed by atoms with Crippen molar-refractivity contribution < 1.29 is 0 Å². The van der Waals surface area contributed by atoms with E-state index in [0.29, 0.717) is 11.5 Å². The van der Waals surface area contributed by atoms with Gasteiger partial charge in [0, 0.05) is 19.4 Å². The van der Waals surface area contributed by atoms with Crippen molar-refractivity contribution in [3.63, 3.8) is 0 Å². The minimum absolute atomic E-state index is 0.679. The van der Waals surface area contributed by atoms with Crippen LogP contribution in [0.3, 0.4) is 0 Å². The van der Waals surface area contributed by atoms with Crippen molar-refractivity contribution in [1.29, 1.82) is 0 Å². The number of anilines is 3. The Morgan fingerprint density at radius 1 is 1.47 bits per heavy atom. The van der Waals surface area contributed by atoms with Crippen LogP contribution in [-0.4, -0.2) is 14.8 Å². The smallest absolute Gasteiger partial charge is 0.153 e. The van der Waals surface area contributed by atoms with Crippen LogP contribution in [0.2, 0.25) is 0 Å². The van der Waals surface area contributed by atoms with E-state index in [2.05, 4.69) is 22.3 Å². The first-order valence-electron chi connectivity index (χ1n) is 5.62. The van der Waals surface area contributed by atoms with Crippen LogP contribution in [0, 0.1) is 6.92 Å². The van der Waals surface area contributed by atoms with Gasteiger partial charge in [-0.3, -0.25) is 4.68 Å². The summed E-state index contributed by atoms with van der Waals surface area (Å²) in [5, 5.41) is 7.60. The second-order valence-corrected chi connectivity index (χ2v) is 4.03. The molecule has 2 rings (SSSR count). The average Bonchev–Trinajstić information content (AvgIpc) is 2.65. The van der Waals surface area contributed by atoms with Crippen LogP contribution >= 0.6 is 0 Å². The van der Waals surface area contributed by atoms with Gasteiger partial charge in [-0.2, -0.15) is 5.10 Å². The van der Waals surface area contributed by atoms with Gasteiger partial charge < -0.3 is 11.1 Å². The monoisotopic (exact) mass is 231 g/mol. The van der Waals surface area contributed by atoms with Gasteiger partial charge in [-0.05, 0) is 25.0 Å². The second-order valence-electron chi connectivity index (χ2n) is 4.03. The number of hydrogen-bond acceptors (Lipinski definition) is 4. The van der Waals surface area contributed by atoms with Crippen LogP contribution < -0.4 is 11.1 Å². The van der Waals surface area contributed by atoms with E-state index in [-0.39, 0.29) is 0 Å². The maximum Gasteiger partial charge on any atom is 0.153 e. The van der Waals surface area contributed by atoms with Crippen molar-refractivity contribution in [3.8, 4) is 0 Å². The molecular formula is C12H17N5. The Balaban J connectivity index is 2.34. The minimum atomic E-state index is 0.679. The van der Waals surface area contributed by atoms with Crippen molar-refractivity contribution in [2.24, 2.45) is 7.05 Å². The molecule has 5 nitrogen and oxygen atoms in total. The molecular weight excluding hydrogens is 214 g/mol. The lowest BCUT2D eigenvalue weighted by Crippen LogP contribution is -2.01. The lowest BCUT2D eigenvalue weighted by molar-refractivity contribution is 0.746. The lowest BCUT2D eigenvalue weighted by Gasteiger charge is -2.09. The van der Waals surface area contributed by atoms with Crippen molar-refractivity contribution in [3.05, 3.63) is 29.7 Å². The highest BCUT2D eigenvalue weighted by molar-refractivity contribution is 5.71. The highest BCUT2D eigenvalue weighted by Gasteiger charge is 2.09. The molecule has 0 amide bonds. The standard InChI is InChI=1S/C12H17N5/c1-4-9-10(7-17(3)16-9)15-12-11(13)8(2)5-6-14-12/h5-7H,4,13H2,1-3H3,(H,14,15). The quantitative estimate of drug-likeness (QED) is 0.847. The van der Waals surface area contributed by atoms with Gasteiger partial charge in [0.2, 0.25) is 0 Å². The number of rotatable bonds is 3. The lowest BCUT2D eigenvalue weighted by atomic mass is 10.2. The van der Waals surface area contributed by atoms with Gasteiger partial charge in [-0.15, -0.1) is 0 Å². The molecule has 2 aromatic rings. The Morgan fingerprint density at radius 3 is 2.94 bits per heavy atom. The summed E-state index contributed by atoms with van der Waals surface area (Å²) in [5.74, 6) is 0.688. The molecule has 0 radical (unpaired) electrons. The molecule has 0 atom stereocenters. The Morgan fingerprint density at radius 2 is 2.24 bits per heavy atom. The van der Waals surface area contributed by atoms with Crippen LogP contribution in [0.4, 0.5) is 17.2 Å². The molecule has 0 fully saturated rings. The SMILES string of the molecule is CCc1nn(C)cc1Nc1nccc(C)c1N. The number of nitrogens with one attached hydrogen (secondary N) is 1. The molecule has 0 bridgehead atoms. The van der Waals surface area contributed by atoms with E-state index in [1.54, 1.807) is 10.9 Å². The molecule has 0 saturated heterocycles. The number of nitrogen functional groups attached to an aromatic ring is 1. The predicted octanol–water partition coefficient (Wildman–Crippen LogP) is 2.01. The summed E-state index contributed by atoms with van der Waals surface area (Å²) in [6.07, 6.45) is 4.55. The Labute approximate surface area is 101 Å². The summed E-state index contributed by atoms with van der Waals surface area (Å²) in [6.45, 7) is 4.03. The minimum Gasteiger partial charge on any atom is -0.396 e. The summed E-state index contributed by atoms with van der Waals surface area (Å²) in [4.78, 5) is 4.25. The normalized spacial score (nSPS) is 10.5. The zero-order chi connectivity index (χ0) is 12.4. The van der Waals surface area contributed by atoms with Crippen LogP contribution in [0.25, 0.3) is 0 Å². The first kappa shape index (κ1) is 11.4. The topological polar surface area (TPSA) is 68.8 Å². The Bertz CT molecular complexity index is 530. The number of aryl methyl sites for hydroxylation is 3. The third kappa shape index (κ3) is 2.22. The fourth-order valence-electron chi connectivity index (χ4n) is 1.70. The Hall–Kier alpha value is -2.04. The third-order valence-corrected chi connectivity index (χ3v) is 2.70. The molecule has 17 heavy (non-hydrogen) atoms. The number of nitrogens with zero attached hydrogens (tertiary/aromatic N) is 3. The molecule has 3 N–H and O–H groups in total. The van der Waals surface area contributed by atoms with Gasteiger partial charge in [0.05, 0.1) is 17.1 Å². The van der Waals surface area contributed by atoms with E-state index in [9.17, 15) is 0 Å². The van der Waals surface area contributed by atoms with Gasteiger partial charge in [0.25, 0.3) is 0 Å². The van der Waals surface area contributed by atoms with E-state index < -0.39 is 0 Å². The zero-order valence-electron chi connectivity index (χ0n) is 10.4. The molecule has 0 aliphatic carbocycles. The fourth-order valence-corrected chi connectivity index (χ4v) is 1.70.